The Hall–Kier alpha value is -3.71. The van der Waals surface area contributed by atoms with Gasteiger partial charge in [-0.2, -0.15) is 5.26 Å². The van der Waals surface area contributed by atoms with Crippen molar-refractivity contribution in [1.82, 2.24) is 20.2 Å². The van der Waals surface area contributed by atoms with Crippen molar-refractivity contribution in [2.24, 2.45) is 0 Å². The first-order valence-corrected chi connectivity index (χ1v) is 10.4. The van der Waals surface area contributed by atoms with Crippen molar-refractivity contribution < 1.29 is 14.3 Å². The second kappa shape index (κ2) is 8.80. The van der Waals surface area contributed by atoms with Crippen LogP contribution >= 0.6 is 0 Å². The molecule has 1 aromatic carbocycles. The number of nitrogens with zero attached hydrogens (tertiary/aromatic N) is 6. The van der Waals surface area contributed by atoms with Crippen LogP contribution in [0.2, 0.25) is 0 Å². The lowest BCUT2D eigenvalue weighted by atomic mass is 10.2. The number of anilines is 2. The summed E-state index contributed by atoms with van der Waals surface area (Å²) in [6, 6.07) is 5.99. The molecule has 1 fully saturated rings. The molecule has 2 aliphatic rings. The van der Waals surface area contributed by atoms with Crippen LogP contribution in [0.5, 0.6) is 5.75 Å². The highest BCUT2D eigenvalue weighted by atomic mass is 16.5. The second-order valence-electron chi connectivity index (χ2n) is 8.02. The van der Waals surface area contributed by atoms with E-state index in [9.17, 15) is 9.59 Å². The molecule has 0 saturated carbocycles. The van der Waals surface area contributed by atoms with Gasteiger partial charge in [0.25, 0.3) is 11.8 Å². The quantitative estimate of drug-likeness (QED) is 0.744. The minimum Gasteiger partial charge on any atom is -0.489 e. The molecule has 1 saturated heterocycles. The van der Waals surface area contributed by atoms with Gasteiger partial charge in [0.05, 0.1) is 17.3 Å². The third kappa shape index (κ3) is 4.20. The lowest BCUT2D eigenvalue weighted by Gasteiger charge is -2.34. The number of likely N-dealkylation sites (N-methyl/N-ethyl adjacent to an activating group) is 2. The number of rotatable bonds is 3. The maximum Gasteiger partial charge on any atom is 0.289 e. The van der Waals surface area contributed by atoms with Gasteiger partial charge in [0.15, 0.2) is 0 Å². The average molecular weight is 435 g/mol. The highest BCUT2D eigenvalue weighted by Crippen LogP contribution is 2.31. The molecule has 2 aliphatic heterocycles. The van der Waals surface area contributed by atoms with Gasteiger partial charge in [-0.1, -0.05) is 0 Å². The number of carbonyl (C=O) groups excluding carboxylic acids is 2. The topological polar surface area (TPSA) is 115 Å². The van der Waals surface area contributed by atoms with E-state index in [0.29, 0.717) is 17.0 Å². The number of piperazine rings is 1. The van der Waals surface area contributed by atoms with Gasteiger partial charge in [0, 0.05) is 51.1 Å². The Bertz CT molecular complexity index is 1090. The Morgan fingerprint density at radius 3 is 2.72 bits per heavy atom. The number of aromatic nitrogens is 2. The molecule has 1 atom stereocenters. The first-order chi connectivity index (χ1) is 15.4. The van der Waals surface area contributed by atoms with Crippen molar-refractivity contribution in [1.29, 1.82) is 5.26 Å². The summed E-state index contributed by atoms with van der Waals surface area (Å²) in [4.78, 5) is 40.3. The van der Waals surface area contributed by atoms with Crippen LogP contribution in [0.3, 0.4) is 0 Å². The summed E-state index contributed by atoms with van der Waals surface area (Å²) < 4.78 is 5.75. The van der Waals surface area contributed by atoms with E-state index in [1.54, 1.807) is 31.4 Å². The van der Waals surface area contributed by atoms with Crippen molar-refractivity contribution in [3.05, 3.63) is 41.3 Å². The molecule has 0 bridgehead atoms. The first kappa shape index (κ1) is 21.5. The summed E-state index contributed by atoms with van der Waals surface area (Å²) in [5, 5.41) is 11.8. The molecule has 10 nitrogen and oxygen atoms in total. The van der Waals surface area contributed by atoms with E-state index in [0.717, 1.165) is 37.6 Å². The highest BCUT2D eigenvalue weighted by molar-refractivity contribution is 6.02. The number of amides is 2. The molecule has 1 aromatic heterocycles. The third-order valence-corrected chi connectivity index (χ3v) is 5.74. The number of fused-ring (bicyclic) bond motifs is 1. The Morgan fingerprint density at radius 1 is 1.25 bits per heavy atom. The van der Waals surface area contributed by atoms with Crippen LogP contribution in [0.4, 0.5) is 11.5 Å². The molecule has 4 rings (SSSR count). The number of hydrogen-bond acceptors (Lipinski definition) is 8. The van der Waals surface area contributed by atoms with Gasteiger partial charge >= 0.3 is 0 Å². The summed E-state index contributed by atoms with van der Waals surface area (Å²) >= 11 is 0. The van der Waals surface area contributed by atoms with E-state index in [-0.39, 0.29) is 18.3 Å². The molecule has 2 amide bonds. The molecule has 1 unspecified atom stereocenters. The number of nitrogens with one attached hydrogen (secondary N) is 1. The van der Waals surface area contributed by atoms with Crippen molar-refractivity contribution in [3.8, 4) is 11.8 Å². The number of carbonyl (C=O) groups is 2. The highest BCUT2D eigenvalue weighted by Gasteiger charge is 2.32. The van der Waals surface area contributed by atoms with Gasteiger partial charge in [-0.05, 0) is 26.1 Å². The van der Waals surface area contributed by atoms with Crippen LogP contribution < -0.4 is 19.9 Å². The molecule has 0 spiro atoms. The number of nitriles is 1. The van der Waals surface area contributed by atoms with Gasteiger partial charge in [0.1, 0.15) is 24.2 Å². The monoisotopic (exact) mass is 435 g/mol. The van der Waals surface area contributed by atoms with E-state index < -0.39 is 11.9 Å². The van der Waals surface area contributed by atoms with Crippen LogP contribution in [-0.4, -0.2) is 79.6 Å². The lowest BCUT2D eigenvalue weighted by molar-refractivity contribution is -0.120. The Morgan fingerprint density at radius 2 is 2.00 bits per heavy atom. The Kier molecular flexibility index (Phi) is 5.92. The summed E-state index contributed by atoms with van der Waals surface area (Å²) in [6.07, 6.45) is 1.63. The maximum absolute atomic E-state index is 12.9. The zero-order chi connectivity index (χ0) is 22.8. The second-order valence-corrected chi connectivity index (χ2v) is 8.02. The van der Waals surface area contributed by atoms with Crippen LogP contribution in [0, 0.1) is 18.3 Å². The van der Waals surface area contributed by atoms with Crippen LogP contribution in [0.25, 0.3) is 0 Å². The summed E-state index contributed by atoms with van der Waals surface area (Å²) in [7, 11) is 3.68. The van der Waals surface area contributed by atoms with E-state index >= 15 is 0 Å². The van der Waals surface area contributed by atoms with Crippen molar-refractivity contribution in [2.45, 2.75) is 13.0 Å². The fraction of sp³-hybridized carbons (Fsp3) is 0.409. The van der Waals surface area contributed by atoms with E-state index in [1.807, 2.05) is 6.92 Å². The van der Waals surface area contributed by atoms with E-state index in [1.165, 1.54) is 4.90 Å². The molecule has 166 valence electrons. The van der Waals surface area contributed by atoms with Gasteiger partial charge in [-0.3, -0.25) is 9.59 Å². The van der Waals surface area contributed by atoms with Gasteiger partial charge in [-0.25, -0.2) is 9.97 Å². The first-order valence-electron chi connectivity index (χ1n) is 10.4. The zero-order valence-electron chi connectivity index (χ0n) is 18.3. The predicted molar refractivity (Wildman–Crippen MR) is 118 cm³/mol. The fourth-order valence-electron chi connectivity index (χ4n) is 3.78. The van der Waals surface area contributed by atoms with Gasteiger partial charge in [0.2, 0.25) is 5.82 Å². The van der Waals surface area contributed by atoms with Crippen molar-refractivity contribution in [3.63, 3.8) is 0 Å². The average Bonchev–Trinajstić information content (AvgIpc) is 2.91. The van der Waals surface area contributed by atoms with E-state index in [4.69, 9.17) is 10.00 Å². The maximum atomic E-state index is 12.9. The largest absolute Gasteiger partial charge is 0.489 e. The summed E-state index contributed by atoms with van der Waals surface area (Å²) in [5.74, 6) is 0.289. The van der Waals surface area contributed by atoms with Crippen LogP contribution in [-0.2, 0) is 4.79 Å². The Labute approximate surface area is 186 Å². The molecule has 2 aromatic rings. The normalized spacial score (nSPS) is 18.9. The van der Waals surface area contributed by atoms with Crippen molar-refractivity contribution >= 4 is 23.3 Å². The van der Waals surface area contributed by atoms with Gasteiger partial charge < -0.3 is 24.8 Å². The number of benzene rings is 1. The minimum atomic E-state index is -0.914. The number of ether oxygens (including phenoxy) is 1. The summed E-state index contributed by atoms with van der Waals surface area (Å²) in [5.41, 5.74) is 1.86. The SMILES string of the molecule is Cc1cnc(C(=O)NC2COc3cc(C#N)ccc3N(C)C2=O)nc1N1CCN(C)CC1. The molecular weight excluding hydrogens is 410 g/mol. The van der Waals surface area contributed by atoms with Crippen LogP contribution in [0.15, 0.2) is 24.4 Å². The minimum absolute atomic E-state index is 0.00788. The smallest absolute Gasteiger partial charge is 0.289 e. The van der Waals surface area contributed by atoms with E-state index in [2.05, 4.69) is 38.2 Å². The molecule has 32 heavy (non-hydrogen) atoms. The molecule has 3 heterocycles. The zero-order valence-corrected chi connectivity index (χ0v) is 18.3. The molecule has 0 aliphatic carbocycles. The number of aryl methyl sites for hydroxylation is 1. The lowest BCUT2D eigenvalue weighted by Crippen LogP contribution is -2.49. The molecular formula is C22H25N7O3. The van der Waals surface area contributed by atoms with Crippen molar-refractivity contribution in [2.75, 3.05) is 56.7 Å². The number of hydrogen-bond donors (Lipinski definition) is 1. The third-order valence-electron chi connectivity index (χ3n) is 5.74. The van der Waals surface area contributed by atoms with Crippen LogP contribution in [0.1, 0.15) is 21.7 Å². The standard InChI is InChI=1S/C22H25N7O3/c1-14-12-24-19(26-20(14)29-8-6-27(2)7-9-29)21(30)25-16-13-32-18-10-15(11-23)4-5-17(18)28(3)22(16)31/h4-5,10,12,16H,6-9,13H2,1-3H3,(H,25,30). The molecule has 10 heteroatoms. The molecule has 0 radical (unpaired) electrons. The Balaban J connectivity index is 1.51. The predicted octanol–water partition coefficient (Wildman–Crippen LogP) is 0.562. The summed E-state index contributed by atoms with van der Waals surface area (Å²) in [6.45, 7) is 5.32. The van der Waals surface area contributed by atoms with Gasteiger partial charge in [-0.15, -0.1) is 0 Å². The fourth-order valence-corrected chi connectivity index (χ4v) is 3.78. The molecule has 1 N–H and O–H groups in total.